The predicted octanol–water partition coefficient (Wildman–Crippen LogP) is 1.85. The quantitative estimate of drug-likeness (QED) is 0.810. The van der Waals surface area contributed by atoms with E-state index in [0.717, 1.165) is 11.5 Å². The molecule has 88 valence electrons. The van der Waals surface area contributed by atoms with Crippen molar-refractivity contribution in [2.24, 2.45) is 0 Å². The monoisotopic (exact) mass is 258 g/mol. The molecular weight excluding hydrogens is 244 g/mol. The summed E-state index contributed by atoms with van der Waals surface area (Å²) in [6.45, 7) is 0. The number of benzene rings is 1. The molecule has 0 saturated carbocycles. The molecule has 2 unspecified atom stereocenters. The summed E-state index contributed by atoms with van der Waals surface area (Å²) in [4.78, 5) is 0. The van der Waals surface area contributed by atoms with E-state index in [1.54, 1.807) is 30.6 Å². The molecule has 1 fully saturated rings. The van der Waals surface area contributed by atoms with Gasteiger partial charge in [-0.1, -0.05) is 12.1 Å². The average Bonchev–Trinajstić information content (AvgIpc) is 2.78. The highest BCUT2D eigenvalue weighted by Gasteiger charge is 2.31. The summed E-state index contributed by atoms with van der Waals surface area (Å²) in [6, 6.07) is 7.91. The van der Waals surface area contributed by atoms with Crippen LogP contribution in [0.4, 0.5) is 0 Å². The van der Waals surface area contributed by atoms with Crippen molar-refractivity contribution in [1.29, 1.82) is 0 Å². The van der Waals surface area contributed by atoms with Gasteiger partial charge >= 0.3 is 0 Å². The molecule has 0 bridgehead atoms. The summed E-state index contributed by atoms with van der Waals surface area (Å²) in [5, 5.41) is 18.1. The van der Waals surface area contributed by atoms with Gasteiger partial charge in [-0.2, -0.15) is 0 Å². The molecule has 0 aliphatic carbocycles. The highest BCUT2D eigenvalue weighted by atomic mass is 32.2. The topological polar surface area (TPSA) is 49.7 Å². The summed E-state index contributed by atoms with van der Waals surface area (Å²) in [7, 11) is 1.65. The van der Waals surface area contributed by atoms with Crippen LogP contribution in [0, 0.1) is 0 Å². The Bertz CT molecular complexity index is 340. The Morgan fingerprint density at radius 1 is 1.31 bits per heavy atom. The van der Waals surface area contributed by atoms with Gasteiger partial charge in [0.1, 0.15) is 5.75 Å². The van der Waals surface area contributed by atoms with Gasteiger partial charge in [0, 0.05) is 5.75 Å². The maximum atomic E-state index is 9.10. The van der Waals surface area contributed by atoms with Gasteiger partial charge in [-0.25, -0.2) is 0 Å². The predicted molar refractivity (Wildman–Crippen MR) is 67.8 cm³/mol. The van der Waals surface area contributed by atoms with E-state index < -0.39 is 6.29 Å². The first-order chi connectivity index (χ1) is 7.70. The zero-order valence-corrected chi connectivity index (χ0v) is 10.5. The van der Waals surface area contributed by atoms with E-state index in [-0.39, 0.29) is 9.83 Å². The number of hydrogen-bond donors (Lipinski definition) is 2. The van der Waals surface area contributed by atoms with Crippen molar-refractivity contribution in [3.8, 4) is 5.75 Å². The standard InChI is InChI=1S/C11H14O3S2/c1-14-8-4-2-7(3-5-8)11-15-6-9(16-11)10(12)13/h2-5,9-13H,6H2,1H3. The second-order valence-corrected chi connectivity index (χ2v) is 6.31. The Balaban J connectivity index is 2.03. The van der Waals surface area contributed by atoms with Crippen molar-refractivity contribution in [1.82, 2.24) is 0 Å². The van der Waals surface area contributed by atoms with E-state index in [2.05, 4.69) is 0 Å². The zero-order valence-electron chi connectivity index (χ0n) is 8.87. The minimum Gasteiger partial charge on any atom is -0.497 e. The molecule has 2 atom stereocenters. The van der Waals surface area contributed by atoms with Gasteiger partial charge in [0.05, 0.1) is 16.9 Å². The van der Waals surface area contributed by atoms with E-state index in [4.69, 9.17) is 14.9 Å². The molecule has 0 spiro atoms. The number of ether oxygens (including phenoxy) is 1. The molecule has 16 heavy (non-hydrogen) atoms. The van der Waals surface area contributed by atoms with Gasteiger partial charge in [0.15, 0.2) is 6.29 Å². The SMILES string of the molecule is COc1ccc(C2SCC(C(O)O)S2)cc1. The van der Waals surface area contributed by atoms with E-state index in [1.165, 1.54) is 5.56 Å². The van der Waals surface area contributed by atoms with Crippen LogP contribution in [0.2, 0.25) is 0 Å². The van der Waals surface area contributed by atoms with Crippen LogP contribution >= 0.6 is 23.5 Å². The lowest BCUT2D eigenvalue weighted by molar-refractivity contribution is -0.0355. The molecule has 1 aliphatic heterocycles. The van der Waals surface area contributed by atoms with Gasteiger partial charge in [-0.15, -0.1) is 23.5 Å². The summed E-state index contributed by atoms with van der Waals surface area (Å²) in [5.41, 5.74) is 1.19. The second-order valence-electron chi connectivity index (χ2n) is 3.53. The highest BCUT2D eigenvalue weighted by molar-refractivity contribution is 8.19. The molecule has 2 rings (SSSR count). The second kappa shape index (κ2) is 5.31. The fourth-order valence-corrected chi connectivity index (χ4v) is 4.70. The summed E-state index contributed by atoms with van der Waals surface area (Å²) in [6.07, 6.45) is -1.22. The van der Waals surface area contributed by atoms with Crippen LogP contribution < -0.4 is 4.74 Å². The van der Waals surface area contributed by atoms with E-state index in [9.17, 15) is 0 Å². The first kappa shape index (κ1) is 12.1. The number of aliphatic hydroxyl groups excluding tert-OH is 1. The van der Waals surface area contributed by atoms with Crippen LogP contribution in [-0.2, 0) is 0 Å². The molecule has 2 N–H and O–H groups in total. The van der Waals surface area contributed by atoms with Gasteiger partial charge < -0.3 is 14.9 Å². The van der Waals surface area contributed by atoms with Crippen LogP contribution in [0.25, 0.3) is 0 Å². The fourth-order valence-electron chi connectivity index (χ4n) is 1.51. The molecule has 1 aromatic carbocycles. The maximum absolute atomic E-state index is 9.10. The number of rotatable bonds is 3. The third-order valence-electron chi connectivity index (χ3n) is 2.43. The molecular formula is C11H14O3S2. The van der Waals surface area contributed by atoms with Crippen LogP contribution in [0.1, 0.15) is 10.1 Å². The van der Waals surface area contributed by atoms with Gasteiger partial charge in [0.25, 0.3) is 0 Å². The number of aliphatic hydroxyl groups is 2. The number of hydrogen-bond acceptors (Lipinski definition) is 5. The molecule has 1 heterocycles. The zero-order chi connectivity index (χ0) is 11.5. The van der Waals surface area contributed by atoms with Crippen molar-refractivity contribution in [2.75, 3.05) is 12.9 Å². The summed E-state index contributed by atoms with van der Waals surface area (Å²) < 4.78 is 5.39. The number of methoxy groups -OCH3 is 1. The molecule has 0 radical (unpaired) electrons. The smallest absolute Gasteiger partial charge is 0.164 e. The average molecular weight is 258 g/mol. The van der Waals surface area contributed by atoms with Crippen LogP contribution in [0.15, 0.2) is 24.3 Å². The van der Waals surface area contributed by atoms with Crippen LogP contribution in [0.3, 0.4) is 0 Å². The van der Waals surface area contributed by atoms with Crippen molar-refractivity contribution in [2.45, 2.75) is 16.1 Å². The minimum absolute atomic E-state index is 0.0860. The van der Waals surface area contributed by atoms with Crippen LogP contribution in [-0.4, -0.2) is 34.6 Å². The lowest BCUT2D eigenvalue weighted by Crippen LogP contribution is -2.21. The van der Waals surface area contributed by atoms with E-state index in [0.29, 0.717) is 0 Å². The molecule has 1 saturated heterocycles. The van der Waals surface area contributed by atoms with Crippen molar-refractivity contribution in [3.63, 3.8) is 0 Å². The third kappa shape index (κ3) is 2.66. The normalized spacial score (nSPS) is 25.0. The van der Waals surface area contributed by atoms with Crippen molar-refractivity contribution in [3.05, 3.63) is 29.8 Å². The highest BCUT2D eigenvalue weighted by Crippen LogP contribution is 2.50. The molecule has 3 nitrogen and oxygen atoms in total. The lowest BCUT2D eigenvalue weighted by atomic mass is 10.2. The van der Waals surface area contributed by atoms with Crippen molar-refractivity contribution >= 4 is 23.5 Å². The van der Waals surface area contributed by atoms with Crippen molar-refractivity contribution < 1.29 is 14.9 Å². The van der Waals surface area contributed by atoms with Gasteiger partial charge in [-0.05, 0) is 17.7 Å². The fraction of sp³-hybridized carbons (Fsp3) is 0.455. The minimum atomic E-state index is -1.22. The molecule has 1 aliphatic rings. The Morgan fingerprint density at radius 3 is 2.50 bits per heavy atom. The van der Waals surface area contributed by atoms with Gasteiger partial charge in [-0.3, -0.25) is 0 Å². The first-order valence-corrected chi connectivity index (χ1v) is 6.97. The summed E-state index contributed by atoms with van der Waals surface area (Å²) >= 11 is 3.35. The summed E-state index contributed by atoms with van der Waals surface area (Å²) in [5.74, 6) is 1.62. The largest absolute Gasteiger partial charge is 0.497 e. The van der Waals surface area contributed by atoms with E-state index in [1.807, 2.05) is 24.3 Å². The molecule has 5 heteroatoms. The Hall–Kier alpha value is -0.360. The molecule has 0 amide bonds. The Labute approximate surface area is 103 Å². The molecule has 1 aromatic rings. The third-order valence-corrected chi connectivity index (χ3v) is 5.79. The first-order valence-electron chi connectivity index (χ1n) is 4.98. The van der Waals surface area contributed by atoms with Gasteiger partial charge in [0.2, 0.25) is 0 Å². The van der Waals surface area contributed by atoms with Crippen LogP contribution in [0.5, 0.6) is 5.75 Å². The van der Waals surface area contributed by atoms with E-state index >= 15 is 0 Å². The molecule has 0 aromatic heterocycles. The Morgan fingerprint density at radius 2 is 2.00 bits per heavy atom. The Kier molecular flexibility index (Phi) is 4.02. The maximum Gasteiger partial charge on any atom is 0.164 e. The lowest BCUT2D eigenvalue weighted by Gasteiger charge is -2.12. The number of thioether (sulfide) groups is 2.